The molecule has 0 spiro atoms. The number of anilines is 1. The fourth-order valence-electron chi connectivity index (χ4n) is 2.66. The number of likely N-dealkylation sites (tertiary alicyclic amines) is 1. The summed E-state index contributed by atoms with van der Waals surface area (Å²) in [5.74, 6) is 0.555. The number of carbonyl (C=O) groups excluding carboxylic acids is 2. The zero-order chi connectivity index (χ0) is 16.8. The summed E-state index contributed by atoms with van der Waals surface area (Å²) in [4.78, 5) is 25.6. The van der Waals surface area contributed by atoms with E-state index >= 15 is 0 Å². The summed E-state index contributed by atoms with van der Waals surface area (Å²) in [5.41, 5.74) is 1.73. The van der Waals surface area contributed by atoms with E-state index in [9.17, 15) is 9.59 Å². The van der Waals surface area contributed by atoms with Crippen molar-refractivity contribution in [3.05, 3.63) is 23.8 Å². The Morgan fingerprint density at radius 2 is 2.17 bits per heavy atom. The highest BCUT2D eigenvalue weighted by atomic mass is 16.5. The Morgan fingerprint density at radius 1 is 1.39 bits per heavy atom. The fourth-order valence-corrected chi connectivity index (χ4v) is 2.66. The number of hydrogen-bond acceptors (Lipinski definition) is 4. The van der Waals surface area contributed by atoms with Crippen LogP contribution < -0.4 is 20.7 Å². The summed E-state index contributed by atoms with van der Waals surface area (Å²) in [7, 11) is 3.17. The van der Waals surface area contributed by atoms with Crippen LogP contribution in [-0.2, 0) is 4.79 Å². The maximum Gasteiger partial charge on any atom is 0.314 e. The molecule has 1 aliphatic heterocycles. The van der Waals surface area contributed by atoms with Gasteiger partial charge in [-0.2, -0.15) is 0 Å². The summed E-state index contributed by atoms with van der Waals surface area (Å²) in [6.45, 7) is 3.71. The quantitative estimate of drug-likeness (QED) is 0.754. The van der Waals surface area contributed by atoms with Gasteiger partial charge in [-0.15, -0.1) is 0 Å². The maximum atomic E-state index is 12.2. The molecule has 0 saturated carbocycles. The van der Waals surface area contributed by atoms with Crippen LogP contribution in [0.25, 0.3) is 0 Å². The molecular weight excluding hydrogens is 296 g/mol. The van der Waals surface area contributed by atoms with Gasteiger partial charge in [0.05, 0.1) is 19.3 Å². The largest absolute Gasteiger partial charge is 0.495 e. The molecule has 3 amide bonds. The van der Waals surface area contributed by atoms with E-state index in [1.807, 2.05) is 30.0 Å². The first-order valence-corrected chi connectivity index (χ1v) is 7.67. The highest BCUT2D eigenvalue weighted by molar-refractivity contribution is 5.93. The van der Waals surface area contributed by atoms with Gasteiger partial charge in [0.25, 0.3) is 0 Å². The average molecular weight is 320 g/mol. The molecule has 1 saturated heterocycles. The molecule has 1 heterocycles. The third-order valence-electron chi connectivity index (χ3n) is 3.83. The van der Waals surface area contributed by atoms with Crippen molar-refractivity contribution in [2.45, 2.75) is 19.4 Å². The molecule has 1 fully saturated rings. The average Bonchev–Trinajstić information content (AvgIpc) is 2.94. The SMILES string of the molecule is CNC(=O)N[C@@H]1CCN(CC(=O)Nc2cc(C)ccc2OC)C1. The Kier molecular flexibility index (Phi) is 5.81. The molecule has 1 atom stereocenters. The third-order valence-corrected chi connectivity index (χ3v) is 3.83. The molecule has 0 unspecified atom stereocenters. The maximum absolute atomic E-state index is 12.2. The highest BCUT2D eigenvalue weighted by Gasteiger charge is 2.25. The van der Waals surface area contributed by atoms with Crippen molar-refractivity contribution in [2.75, 3.05) is 39.1 Å². The lowest BCUT2D eigenvalue weighted by atomic mass is 10.2. The van der Waals surface area contributed by atoms with E-state index < -0.39 is 0 Å². The second kappa shape index (κ2) is 7.82. The van der Waals surface area contributed by atoms with Crippen molar-refractivity contribution >= 4 is 17.6 Å². The number of carbonyl (C=O) groups is 2. The van der Waals surface area contributed by atoms with E-state index in [1.165, 1.54) is 0 Å². The number of nitrogens with one attached hydrogen (secondary N) is 3. The number of aryl methyl sites for hydroxylation is 1. The summed E-state index contributed by atoms with van der Waals surface area (Å²) in [6.07, 6.45) is 0.842. The number of nitrogens with zero attached hydrogens (tertiary/aromatic N) is 1. The van der Waals surface area contributed by atoms with Gasteiger partial charge in [0.1, 0.15) is 5.75 Å². The Morgan fingerprint density at radius 3 is 2.87 bits per heavy atom. The van der Waals surface area contributed by atoms with Crippen LogP contribution in [-0.4, -0.2) is 56.7 Å². The number of ether oxygens (including phenoxy) is 1. The smallest absolute Gasteiger partial charge is 0.314 e. The van der Waals surface area contributed by atoms with Gasteiger partial charge in [-0.3, -0.25) is 9.69 Å². The van der Waals surface area contributed by atoms with Gasteiger partial charge in [0.2, 0.25) is 5.91 Å². The molecule has 2 rings (SSSR count). The van der Waals surface area contributed by atoms with Crippen LogP contribution in [0, 0.1) is 6.92 Å². The van der Waals surface area contributed by atoms with E-state index in [2.05, 4.69) is 16.0 Å². The molecular formula is C16H24N4O3. The second-order valence-electron chi connectivity index (χ2n) is 5.70. The van der Waals surface area contributed by atoms with Crippen LogP contribution >= 0.6 is 0 Å². The minimum Gasteiger partial charge on any atom is -0.495 e. The Labute approximate surface area is 136 Å². The van der Waals surface area contributed by atoms with E-state index in [1.54, 1.807) is 14.2 Å². The van der Waals surface area contributed by atoms with Crippen LogP contribution in [0.2, 0.25) is 0 Å². The Balaban J connectivity index is 1.86. The normalized spacial score (nSPS) is 17.6. The van der Waals surface area contributed by atoms with Gasteiger partial charge >= 0.3 is 6.03 Å². The first-order valence-electron chi connectivity index (χ1n) is 7.67. The number of urea groups is 1. The molecule has 0 bridgehead atoms. The summed E-state index contributed by atoms with van der Waals surface area (Å²) in [6, 6.07) is 5.55. The van der Waals surface area contributed by atoms with Crippen molar-refractivity contribution in [3.8, 4) is 5.75 Å². The van der Waals surface area contributed by atoms with E-state index in [-0.39, 0.29) is 18.0 Å². The van der Waals surface area contributed by atoms with Gasteiger partial charge in [0.15, 0.2) is 0 Å². The van der Waals surface area contributed by atoms with Crippen molar-refractivity contribution < 1.29 is 14.3 Å². The standard InChI is InChI=1S/C16H24N4O3/c1-11-4-5-14(23-3)13(8-11)19-15(21)10-20-7-6-12(9-20)18-16(22)17-2/h4-5,8,12H,6-7,9-10H2,1-3H3,(H,19,21)(H2,17,18,22)/t12-/m1/s1. The van der Waals surface area contributed by atoms with Crippen LogP contribution in [0.4, 0.5) is 10.5 Å². The second-order valence-corrected chi connectivity index (χ2v) is 5.70. The lowest BCUT2D eigenvalue weighted by Crippen LogP contribution is -2.42. The lowest BCUT2D eigenvalue weighted by Gasteiger charge is -2.17. The van der Waals surface area contributed by atoms with Gasteiger partial charge in [-0.05, 0) is 31.0 Å². The minimum atomic E-state index is -0.189. The molecule has 126 valence electrons. The molecule has 1 aliphatic rings. The fraction of sp³-hybridized carbons (Fsp3) is 0.500. The molecule has 7 heteroatoms. The topological polar surface area (TPSA) is 82.7 Å². The van der Waals surface area contributed by atoms with Gasteiger partial charge in [-0.1, -0.05) is 6.07 Å². The third kappa shape index (κ3) is 4.85. The van der Waals surface area contributed by atoms with Crippen molar-refractivity contribution in [1.29, 1.82) is 0 Å². The minimum absolute atomic E-state index is 0.0799. The zero-order valence-electron chi connectivity index (χ0n) is 13.8. The zero-order valence-corrected chi connectivity index (χ0v) is 13.8. The first-order chi connectivity index (χ1) is 11.0. The van der Waals surface area contributed by atoms with Crippen molar-refractivity contribution in [2.24, 2.45) is 0 Å². The lowest BCUT2D eigenvalue weighted by molar-refractivity contribution is -0.117. The van der Waals surface area contributed by atoms with E-state index in [4.69, 9.17) is 4.74 Å². The predicted molar refractivity (Wildman–Crippen MR) is 88.8 cm³/mol. The van der Waals surface area contributed by atoms with Crippen molar-refractivity contribution in [1.82, 2.24) is 15.5 Å². The van der Waals surface area contributed by atoms with Gasteiger partial charge in [-0.25, -0.2) is 4.79 Å². The summed E-state index contributed by atoms with van der Waals surface area (Å²) < 4.78 is 5.26. The van der Waals surface area contributed by atoms with Crippen LogP contribution in [0.3, 0.4) is 0 Å². The molecule has 0 aliphatic carbocycles. The van der Waals surface area contributed by atoms with Gasteiger partial charge in [0, 0.05) is 26.2 Å². The summed E-state index contributed by atoms with van der Waals surface area (Å²) in [5, 5.41) is 8.29. The number of amides is 3. The number of hydrogen-bond donors (Lipinski definition) is 3. The summed E-state index contributed by atoms with van der Waals surface area (Å²) >= 11 is 0. The Bertz CT molecular complexity index is 576. The molecule has 3 N–H and O–H groups in total. The molecule has 1 aromatic rings. The molecule has 0 aromatic heterocycles. The number of rotatable bonds is 5. The number of benzene rings is 1. The monoisotopic (exact) mass is 320 g/mol. The molecule has 23 heavy (non-hydrogen) atoms. The van der Waals surface area contributed by atoms with E-state index in [0.29, 0.717) is 24.5 Å². The van der Waals surface area contributed by atoms with Crippen LogP contribution in [0.5, 0.6) is 5.75 Å². The van der Waals surface area contributed by atoms with Crippen LogP contribution in [0.15, 0.2) is 18.2 Å². The van der Waals surface area contributed by atoms with Crippen LogP contribution in [0.1, 0.15) is 12.0 Å². The number of methoxy groups -OCH3 is 1. The molecule has 0 radical (unpaired) electrons. The van der Waals surface area contributed by atoms with Crippen molar-refractivity contribution in [3.63, 3.8) is 0 Å². The first kappa shape index (κ1) is 17.1. The highest BCUT2D eigenvalue weighted by Crippen LogP contribution is 2.25. The molecule has 7 nitrogen and oxygen atoms in total. The Hall–Kier alpha value is -2.28. The molecule has 1 aromatic carbocycles. The van der Waals surface area contributed by atoms with E-state index in [0.717, 1.165) is 18.5 Å². The van der Waals surface area contributed by atoms with Gasteiger partial charge < -0.3 is 20.7 Å². The predicted octanol–water partition coefficient (Wildman–Crippen LogP) is 0.945.